The molecule has 1 N–H and O–H groups in total. The molecule has 0 saturated carbocycles. The highest BCUT2D eigenvalue weighted by Gasteiger charge is 2.25. The third-order valence-corrected chi connectivity index (χ3v) is 4.51. The van der Waals surface area contributed by atoms with E-state index >= 15 is 0 Å². The third kappa shape index (κ3) is 5.33. The van der Waals surface area contributed by atoms with Crippen LogP contribution in [0.2, 0.25) is 0 Å². The van der Waals surface area contributed by atoms with Gasteiger partial charge in [0, 0.05) is 24.7 Å². The molecule has 1 fully saturated rings. The van der Waals surface area contributed by atoms with Crippen LogP contribution in [0.5, 0.6) is 0 Å². The number of aliphatic hydroxyl groups is 1. The van der Waals surface area contributed by atoms with Crippen LogP contribution in [0.4, 0.5) is 0 Å². The highest BCUT2D eigenvalue weighted by molar-refractivity contribution is 5.94. The molecule has 0 aromatic heterocycles. The SMILES string of the molecule is CC1CN(C)CCCN1C(=O)c1cccc(CCC(C)(C)O)c1. The van der Waals surface area contributed by atoms with Crippen LogP contribution in [0.3, 0.4) is 0 Å². The zero-order valence-corrected chi connectivity index (χ0v) is 14.9. The molecule has 1 saturated heterocycles. The Morgan fingerprint density at radius 2 is 2.09 bits per heavy atom. The average Bonchev–Trinajstić information content (AvgIpc) is 2.64. The highest BCUT2D eigenvalue weighted by atomic mass is 16.3. The lowest BCUT2D eigenvalue weighted by Crippen LogP contribution is -2.42. The number of benzene rings is 1. The molecule has 4 nitrogen and oxygen atoms in total. The van der Waals surface area contributed by atoms with E-state index in [0.717, 1.165) is 43.6 Å². The topological polar surface area (TPSA) is 43.8 Å². The fourth-order valence-electron chi connectivity index (χ4n) is 3.15. The summed E-state index contributed by atoms with van der Waals surface area (Å²) in [6.07, 6.45) is 2.49. The Kier molecular flexibility index (Phi) is 5.82. The summed E-state index contributed by atoms with van der Waals surface area (Å²) in [5, 5.41) is 9.87. The van der Waals surface area contributed by atoms with Crippen LogP contribution in [0.25, 0.3) is 0 Å². The highest BCUT2D eigenvalue weighted by Crippen LogP contribution is 2.17. The van der Waals surface area contributed by atoms with Gasteiger partial charge in [0.2, 0.25) is 0 Å². The van der Waals surface area contributed by atoms with Gasteiger partial charge >= 0.3 is 0 Å². The van der Waals surface area contributed by atoms with Crippen molar-refractivity contribution in [1.29, 1.82) is 0 Å². The van der Waals surface area contributed by atoms with E-state index in [2.05, 4.69) is 18.9 Å². The van der Waals surface area contributed by atoms with Crippen LogP contribution < -0.4 is 0 Å². The fourth-order valence-corrected chi connectivity index (χ4v) is 3.15. The summed E-state index contributed by atoms with van der Waals surface area (Å²) in [6.45, 7) is 8.54. The molecule has 0 bridgehead atoms. The summed E-state index contributed by atoms with van der Waals surface area (Å²) >= 11 is 0. The number of hydrogen-bond acceptors (Lipinski definition) is 3. The summed E-state index contributed by atoms with van der Waals surface area (Å²) in [5.74, 6) is 0.123. The number of carbonyl (C=O) groups is 1. The van der Waals surface area contributed by atoms with E-state index in [4.69, 9.17) is 0 Å². The number of carbonyl (C=O) groups excluding carboxylic acids is 1. The van der Waals surface area contributed by atoms with E-state index in [1.54, 1.807) is 0 Å². The molecule has 128 valence electrons. The van der Waals surface area contributed by atoms with Crippen molar-refractivity contribution in [1.82, 2.24) is 9.80 Å². The third-order valence-electron chi connectivity index (χ3n) is 4.51. The summed E-state index contributed by atoms with van der Waals surface area (Å²) in [5.41, 5.74) is 1.19. The van der Waals surface area contributed by atoms with Crippen molar-refractivity contribution in [3.8, 4) is 0 Å². The Hall–Kier alpha value is -1.39. The molecule has 1 atom stereocenters. The van der Waals surface area contributed by atoms with E-state index in [9.17, 15) is 9.90 Å². The standard InChI is InChI=1S/C19H30N2O2/c1-15-14-20(4)11-6-12-21(15)18(22)17-8-5-7-16(13-17)9-10-19(2,3)23/h5,7-8,13,15,23H,6,9-12,14H2,1-4H3. The molecule has 4 heteroatoms. The van der Waals surface area contributed by atoms with Crippen LogP contribution in [0.1, 0.15) is 49.5 Å². The normalized spacial score (nSPS) is 20.4. The van der Waals surface area contributed by atoms with Crippen molar-refractivity contribution in [2.24, 2.45) is 0 Å². The zero-order valence-electron chi connectivity index (χ0n) is 14.9. The lowest BCUT2D eigenvalue weighted by Gasteiger charge is -2.28. The second-order valence-corrected chi connectivity index (χ2v) is 7.48. The van der Waals surface area contributed by atoms with Gasteiger partial charge in [-0.25, -0.2) is 0 Å². The van der Waals surface area contributed by atoms with Gasteiger partial charge in [-0.2, -0.15) is 0 Å². The minimum atomic E-state index is -0.677. The monoisotopic (exact) mass is 318 g/mol. The maximum atomic E-state index is 12.9. The van der Waals surface area contributed by atoms with Crippen molar-refractivity contribution < 1.29 is 9.90 Å². The van der Waals surface area contributed by atoms with Crippen molar-refractivity contribution in [3.63, 3.8) is 0 Å². The first-order valence-electron chi connectivity index (χ1n) is 8.57. The minimum Gasteiger partial charge on any atom is -0.390 e. The Morgan fingerprint density at radius 1 is 1.35 bits per heavy atom. The molecule has 0 aliphatic carbocycles. The summed E-state index contributed by atoms with van der Waals surface area (Å²) < 4.78 is 0. The molecular weight excluding hydrogens is 288 g/mol. The van der Waals surface area contributed by atoms with Gasteiger partial charge in [-0.1, -0.05) is 12.1 Å². The molecular formula is C19H30N2O2. The maximum Gasteiger partial charge on any atom is 0.254 e. The summed E-state index contributed by atoms with van der Waals surface area (Å²) in [4.78, 5) is 17.2. The molecule has 1 aliphatic heterocycles. The van der Waals surface area contributed by atoms with Crippen LogP contribution >= 0.6 is 0 Å². The average molecular weight is 318 g/mol. The number of aryl methyl sites for hydroxylation is 1. The number of nitrogens with zero attached hydrogens (tertiary/aromatic N) is 2. The van der Waals surface area contributed by atoms with Crippen molar-refractivity contribution >= 4 is 5.91 Å². The van der Waals surface area contributed by atoms with Crippen molar-refractivity contribution in [2.75, 3.05) is 26.7 Å². The first-order valence-corrected chi connectivity index (χ1v) is 8.57. The van der Waals surface area contributed by atoms with Gasteiger partial charge in [0.25, 0.3) is 5.91 Å². The van der Waals surface area contributed by atoms with Crippen molar-refractivity contribution in [3.05, 3.63) is 35.4 Å². The Balaban J connectivity index is 2.09. The van der Waals surface area contributed by atoms with E-state index in [-0.39, 0.29) is 11.9 Å². The predicted octanol–water partition coefficient (Wildman–Crippen LogP) is 2.56. The van der Waals surface area contributed by atoms with Gasteiger partial charge in [-0.15, -0.1) is 0 Å². The van der Waals surface area contributed by atoms with E-state index in [0.29, 0.717) is 6.42 Å². The van der Waals surface area contributed by atoms with Gasteiger partial charge in [0.15, 0.2) is 0 Å². The lowest BCUT2D eigenvalue weighted by atomic mass is 9.97. The molecule has 1 aliphatic rings. The quantitative estimate of drug-likeness (QED) is 0.928. The Morgan fingerprint density at radius 3 is 2.78 bits per heavy atom. The zero-order chi connectivity index (χ0) is 17.0. The van der Waals surface area contributed by atoms with Crippen LogP contribution in [-0.4, -0.2) is 59.1 Å². The van der Waals surface area contributed by atoms with Gasteiger partial charge in [-0.05, 0) is 71.3 Å². The van der Waals surface area contributed by atoms with E-state index in [1.807, 2.05) is 43.0 Å². The molecule has 1 amide bonds. The largest absolute Gasteiger partial charge is 0.390 e. The minimum absolute atomic E-state index is 0.123. The number of rotatable bonds is 4. The van der Waals surface area contributed by atoms with Gasteiger partial charge < -0.3 is 14.9 Å². The number of amides is 1. The predicted molar refractivity (Wildman–Crippen MR) is 93.7 cm³/mol. The second-order valence-electron chi connectivity index (χ2n) is 7.48. The number of hydrogen-bond donors (Lipinski definition) is 1. The first kappa shape index (κ1) is 18.0. The molecule has 23 heavy (non-hydrogen) atoms. The molecule has 1 heterocycles. The Bertz CT molecular complexity index is 536. The molecule has 1 unspecified atom stereocenters. The number of likely N-dealkylation sites (N-methyl/N-ethyl adjacent to an activating group) is 1. The molecule has 2 rings (SSSR count). The molecule has 0 spiro atoms. The second kappa shape index (κ2) is 7.45. The lowest BCUT2D eigenvalue weighted by molar-refractivity contribution is 0.0696. The van der Waals surface area contributed by atoms with Crippen LogP contribution in [0, 0.1) is 0 Å². The van der Waals surface area contributed by atoms with Gasteiger partial charge in [0.05, 0.1) is 5.60 Å². The van der Waals surface area contributed by atoms with Gasteiger partial charge in [0.1, 0.15) is 0 Å². The fraction of sp³-hybridized carbons (Fsp3) is 0.632. The van der Waals surface area contributed by atoms with Crippen LogP contribution in [-0.2, 0) is 6.42 Å². The summed E-state index contributed by atoms with van der Waals surface area (Å²) in [6, 6.07) is 8.09. The van der Waals surface area contributed by atoms with Gasteiger partial charge in [-0.3, -0.25) is 4.79 Å². The smallest absolute Gasteiger partial charge is 0.254 e. The van der Waals surface area contributed by atoms with Crippen molar-refractivity contribution in [2.45, 2.75) is 51.7 Å². The Labute approximate surface area is 140 Å². The van der Waals surface area contributed by atoms with E-state index in [1.165, 1.54) is 0 Å². The molecule has 1 aromatic carbocycles. The molecule has 1 aromatic rings. The molecule has 0 radical (unpaired) electrons. The van der Waals surface area contributed by atoms with E-state index < -0.39 is 5.60 Å². The maximum absolute atomic E-state index is 12.9. The summed E-state index contributed by atoms with van der Waals surface area (Å²) in [7, 11) is 2.11. The van der Waals surface area contributed by atoms with Crippen LogP contribution in [0.15, 0.2) is 24.3 Å². The first-order chi connectivity index (χ1) is 10.8.